The lowest BCUT2D eigenvalue weighted by atomic mass is 10.1. The minimum atomic E-state index is 0.489. The number of hydrogen-bond donors (Lipinski definition) is 0. The lowest BCUT2D eigenvalue weighted by Gasteiger charge is -2.11. The van der Waals surface area contributed by atoms with Gasteiger partial charge in [-0.25, -0.2) is 0 Å². The highest BCUT2D eigenvalue weighted by molar-refractivity contribution is 5.54. The summed E-state index contributed by atoms with van der Waals surface area (Å²) in [7, 11) is 0. The fourth-order valence-electron chi connectivity index (χ4n) is 3.54. The van der Waals surface area contributed by atoms with Gasteiger partial charge in [0.1, 0.15) is 24.7 Å². The topological polar surface area (TPSA) is 36.9 Å². The molecule has 0 N–H and O–H groups in total. The fourth-order valence-corrected chi connectivity index (χ4v) is 3.54. The zero-order valence-corrected chi connectivity index (χ0v) is 20.5. The van der Waals surface area contributed by atoms with Crippen molar-refractivity contribution in [1.29, 1.82) is 0 Å². The van der Waals surface area contributed by atoms with Crippen molar-refractivity contribution in [1.82, 2.24) is 0 Å². The van der Waals surface area contributed by atoms with Gasteiger partial charge in [-0.05, 0) is 92.4 Å². The van der Waals surface area contributed by atoms with Crippen LogP contribution in [0.3, 0.4) is 0 Å². The lowest BCUT2D eigenvalue weighted by molar-refractivity contribution is 0.234. The van der Waals surface area contributed by atoms with Gasteiger partial charge in [-0.1, -0.05) is 42.5 Å². The van der Waals surface area contributed by atoms with Crippen molar-refractivity contribution >= 4 is 12.2 Å². The van der Waals surface area contributed by atoms with Gasteiger partial charge in [0.2, 0.25) is 0 Å². The Hall–Kier alpha value is -3.66. The Morgan fingerprint density at radius 2 is 1.06 bits per heavy atom. The third-order valence-corrected chi connectivity index (χ3v) is 5.00. The van der Waals surface area contributed by atoms with Crippen molar-refractivity contribution in [2.24, 2.45) is 0 Å². The van der Waals surface area contributed by atoms with E-state index >= 15 is 0 Å². The normalized spacial score (nSPS) is 11.8. The SMILES string of the molecule is CCO/C(C)=C/c1cccc(OCc2cccc(COc3cccc(/C=C(\C)OCC)c3)c2)c1. The minimum absolute atomic E-state index is 0.489. The summed E-state index contributed by atoms with van der Waals surface area (Å²) in [5.41, 5.74) is 4.30. The maximum absolute atomic E-state index is 6.04. The highest BCUT2D eigenvalue weighted by Gasteiger charge is 2.02. The predicted molar refractivity (Wildman–Crippen MR) is 139 cm³/mol. The third kappa shape index (κ3) is 8.36. The number of hydrogen-bond acceptors (Lipinski definition) is 4. The molecule has 0 spiro atoms. The minimum Gasteiger partial charge on any atom is -0.499 e. The van der Waals surface area contributed by atoms with E-state index in [1.165, 1.54) is 0 Å². The van der Waals surface area contributed by atoms with E-state index in [2.05, 4.69) is 18.2 Å². The molecule has 0 aliphatic heterocycles. The van der Waals surface area contributed by atoms with Crippen molar-refractivity contribution in [3.8, 4) is 11.5 Å². The van der Waals surface area contributed by atoms with Crippen molar-refractivity contribution in [2.45, 2.75) is 40.9 Å². The molecule has 4 nitrogen and oxygen atoms in total. The van der Waals surface area contributed by atoms with E-state index in [-0.39, 0.29) is 0 Å². The van der Waals surface area contributed by atoms with Gasteiger partial charge < -0.3 is 18.9 Å². The molecule has 0 radical (unpaired) electrons. The summed E-state index contributed by atoms with van der Waals surface area (Å²) in [4.78, 5) is 0. The van der Waals surface area contributed by atoms with Crippen LogP contribution in [-0.4, -0.2) is 13.2 Å². The van der Waals surface area contributed by atoms with E-state index in [4.69, 9.17) is 18.9 Å². The average Bonchev–Trinajstić information content (AvgIpc) is 2.82. The summed E-state index contributed by atoms with van der Waals surface area (Å²) in [6.07, 6.45) is 4.02. The van der Waals surface area contributed by atoms with Crippen molar-refractivity contribution in [3.63, 3.8) is 0 Å². The second-order valence-corrected chi connectivity index (χ2v) is 7.92. The Morgan fingerprint density at radius 3 is 1.50 bits per heavy atom. The second kappa shape index (κ2) is 13.1. The van der Waals surface area contributed by atoms with Gasteiger partial charge in [0, 0.05) is 0 Å². The van der Waals surface area contributed by atoms with Crippen LogP contribution in [0.2, 0.25) is 0 Å². The summed E-state index contributed by atoms with van der Waals surface area (Å²) < 4.78 is 23.1. The first-order valence-electron chi connectivity index (χ1n) is 11.7. The Balaban J connectivity index is 1.58. The van der Waals surface area contributed by atoms with Crippen LogP contribution in [0.25, 0.3) is 12.2 Å². The molecule has 0 amide bonds. The average molecular weight is 459 g/mol. The third-order valence-electron chi connectivity index (χ3n) is 5.00. The second-order valence-electron chi connectivity index (χ2n) is 7.92. The number of allylic oxidation sites excluding steroid dienone is 2. The standard InChI is InChI=1S/C30H34O4/c1-5-31-23(3)16-25-10-8-14-29(19-25)33-21-27-12-7-13-28(18-27)22-34-30-15-9-11-26(20-30)17-24(4)32-6-2/h7-20H,5-6,21-22H2,1-4H3/b23-16+,24-17+. The highest BCUT2D eigenvalue weighted by atomic mass is 16.5. The van der Waals surface area contributed by atoms with E-state index in [0.717, 1.165) is 45.3 Å². The van der Waals surface area contributed by atoms with E-state index < -0.39 is 0 Å². The monoisotopic (exact) mass is 458 g/mol. The van der Waals surface area contributed by atoms with Gasteiger partial charge in [0.25, 0.3) is 0 Å². The number of rotatable bonds is 12. The Morgan fingerprint density at radius 1 is 0.618 bits per heavy atom. The van der Waals surface area contributed by atoms with E-state index in [1.807, 2.05) is 94.4 Å². The van der Waals surface area contributed by atoms with Gasteiger partial charge >= 0.3 is 0 Å². The molecule has 4 heteroatoms. The molecular weight excluding hydrogens is 424 g/mol. The van der Waals surface area contributed by atoms with E-state index in [0.29, 0.717) is 26.4 Å². The van der Waals surface area contributed by atoms with Gasteiger partial charge in [-0.2, -0.15) is 0 Å². The van der Waals surface area contributed by atoms with Gasteiger partial charge in [0.05, 0.1) is 24.7 Å². The van der Waals surface area contributed by atoms with Crippen LogP contribution in [0, 0.1) is 0 Å². The molecule has 0 saturated heterocycles. The Bertz CT molecular complexity index is 1030. The first-order chi connectivity index (χ1) is 16.6. The van der Waals surface area contributed by atoms with Crippen molar-refractivity contribution < 1.29 is 18.9 Å². The molecule has 178 valence electrons. The number of ether oxygens (including phenoxy) is 4. The molecule has 0 heterocycles. The van der Waals surface area contributed by atoms with Gasteiger partial charge in [0.15, 0.2) is 0 Å². The summed E-state index contributed by atoms with van der Waals surface area (Å²) in [5, 5.41) is 0. The molecule has 0 aliphatic rings. The molecule has 0 unspecified atom stereocenters. The molecule has 0 aliphatic carbocycles. The number of benzene rings is 3. The summed E-state index contributed by atoms with van der Waals surface area (Å²) >= 11 is 0. The summed E-state index contributed by atoms with van der Waals surface area (Å²) in [6.45, 7) is 10.2. The van der Waals surface area contributed by atoms with Crippen molar-refractivity contribution in [2.75, 3.05) is 13.2 Å². The highest BCUT2D eigenvalue weighted by Crippen LogP contribution is 2.20. The Labute approximate surface area is 203 Å². The molecular formula is C30H34O4. The predicted octanol–water partition coefficient (Wildman–Crippen LogP) is 7.64. The van der Waals surface area contributed by atoms with Crippen LogP contribution in [0.15, 0.2) is 84.3 Å². The molecule has 0 saturated carbocycles. The lowest BCUT2D eigenvalue weighted by Crippen LogP contribution is -1.99. The van der Waals surface area contributed by atoms with Crippen LogP contribution in [-0.2, 0) is 22.7 Å². The molecule has 3 aromatic rings. The molecule has 0 bridgehead atoms. The Kier molecular flexibility index (Phi) is 9.65. The first kappa shape index (κ1) is 25.0. The molecule has 3 aromatic carbocycles. The summed E-state index contributed by atoms with van der Waals surface area (Å²) in [6, 6.07) is 24.3. The molecule has 34 heavy (non-hydrogen) atoms. The zero-order valence-electron chi connectivity index (χ0n) is 20.5. The first-order valence-corrected chi connectivity index (χ1v) is 11.7. The largest absolute Gasteiger partial charge is 0.499 e. The van der Waals surface area contributed by atoms with Crippen LogP contribution in [0.1, 0.15) is 49.9 Å². The van der Waals surface area contributed by atoms with Crippen LogP contribution >= 0.6 is 0 Å². The maximum Gasteiger partial charge on any atom is 0.120 e. The van der Waals surface area contributed by atoms with E-state index in [1.54, 1.807) is 0 Å². The zero-order chi connectivity index (χ0) is 24.2. The quantitative estimate of drug-likeness (QED) is 0.261. The van der Waals surface area contributed by atoms with Crippen LogP contribution < -0.4 is 9.47 Å². The van der Waals surface area contributed by atoms with Crippen LogP contribution in [0.5, 0.6) is 11.5 Å². The molecule has 0 atom stereocenters. The summed E-state index contributed by atoms with van der Waals surface area (Å²) in [5.74, 6) is 3.43. The molecule has 0 aromatic heterocycles. The maximum atomic E-state index is 6.04. The van der Waals surface area contributed by atoms with E-state index in [9.17, 15) is 0 Å². The van der Waals surface area contributed by atoms with Gasteiger partial charge in [-0.15, -0.1) is 0 Å². The van der Waals surface area contributed by atoms with Crippen LogP contribution in [0.4, 0.5) is 0 Å². The molecule has 0 fully saturated rings. The van der Waals surface area contributed by atoms with Crippen molar-refractivity contribution in [3.05, 3.63) is 107 Å². The molecule has 3 rings (SSSR count). The smallest absolute Gasteiger partial charge is 0.120 e. The fraction of sp³-hybridized carbons (Fsp3) is 0.267. The van der Waals surface area contributed by atoms with Gasteiger partial charge in [-0.3, -0.25) is 0 Å².